The number of ketones is 1. The quantitative estimate of drug-likeness (QED) is 0.752. The fourth-order valence-corrected chi connectivity index (χ4v) is 2.32. The molecule has 1 unspecified atom stereocenters. The molecule has 1 heterocycles. The van der Waals surface area contributed by atoms with Gasteiger partial charge in [0.25, 0.3) is 0 Å². The van der Waals surface area contributed by atoms with Crippen LogP contribution in [0.3, 0.4) is 0 Å². The molecule has 1 aromatic heterocycles. The molecule has 22 heavy (non-hydrogen) atoms. The molecule has 1 atom stereocenters. The van der Waals surface area contributed by atoms with Gasteiger partial charge in [-0.05, 0) is 36.4 Å². The van der Waals surface area contributed by atoms with Gasteiger partial charge >= 0.3 is 0 Å². The lowest BCUT2D eigenvalue weighted by molar-refractivity contribution is 0.0746. The Morgan fingerprint density at radius 1 is 1.05 bits per heavy atom. The maximum absolute atomic E-state index is 12.9. The molecule has 0 aliphatic heterocycles. The molecule has 0 bridgehead atoms. The van der Waals surface area contributed by atoms with E-state index in [9.17, 15) is 14.3 Å². The Hall–Kier alpha value is -2.59. The van der Waals surface area contributed by atoms with Gasteiger partial charge in [-0.3, -0.25) is 9.78 Å². The molecule has 3 nitrogen and oxygen atoms in total. The minimum atomic E-state index is -1.20. The molecule has 1 N–H and O–H groups in total. The summed E-state index contributed by atoms with van der Waals surface area (Å²) in [5.41, 5.74) is 1.75. The summed E-state index contributed by atoms with van der Waals surface area (Å²) in [6.45, 7) is 0. The van der Waals surface area contributed by atoms with E-state index < -0.39 is 17.7 Å². The van der Waals surface area contributed by atoms with Crippen LogP contribution in [0.1, 0.15) is 16.1 Å². The molecule has 4 heteroatoms. The SMILES string of the molecule is O=C(c1ccc(F)cc1)C(O)Cc1ccc2ccccc2n1. The number of hydrogen-bond donors (Lipinski definition) is 1. The van der Waals surface area contributed by atoms with Gasteiger partial charge in [0.2, 0.25) is 0 Å². The van der Waals surface area contributed by atoms with Crippen molar-refractivity contribution in [3.05, 3.63) is 77.7 Å². The highest BCUT2D eigenvalue weighted by Gasteiger charge is 2.18. The smallest absolute Gasteiger partial charge is 0.191 e. The van der Waals surface area contributed by atoms with Crippen LogP contribution in [0.15, 0.2) is 60.7 Å². The first kappa shape index (κ1) is 14.4. The molecule has 3 aromatic rings. The van der Waals surface area contributed by atoms with Gasteiger partial charge in [-0.25, -0.2) is 4.39 Å². The number of halogens is 1. The van der Waals surface area contributed by atoms with E-state index in [1.165, 1.54) is 24.3 Å². The van der Waals surface area contributed by atoms with E-state index in [2.05, 4.69) is 4.98 Å². The highest BCUT2D eigenvalue weighted by atomic mass is 19.1. The van der Waals surface area contributed by atoms with Crippen LogP contribution < -0.4 is 0 Å². The van der Waals surface area contributed by atoms with Gasteiger partial charge in [0, 0.05) is 23.1 Å². The number of para-hydroxylation sites is 1. The number of benzene rings is 2. The average Bonchev–Trinajstić information content (AvgIpc) is 2.55. The monoisotopic (exact) mass is 295 g/mol. The summed E-state index contributed by atoms with van der Waals surface area (Å²) in [6.07, 6.45) is -1.07. The minimum absolute atomic E-state index is 0.126. The predicted octanol–water partition coefficient (Wildman–Crippen LogP) is 3.16. The number of fused-ring (bicyclic) bond motifs is 1. The van der Waals surface area contributed by atoms with Gasteiger partial charge in [-0.15, -0.1) is 0 Å². The lowest BCUT2D eigenvalue weighted by atomic mass is 10.0. The van der Waals surface area contributed by atoms with E-state index in [1.54, 1.807) is 6.07 Å². The summed E-state index contributed by atoms with van der Waals surface area (Å²) < 4.78 is 12.9. The Balaban J connectivity index is 1.78. The van der Waals surface area contributed by atoms with Crippen LogP contribution >= 0.6 is 0 Å². The summed E-state index contributed by atoms with van der Waals surface area (Å²) in [5.74, 6) is -0.850. The van der Waals surface area contributed by atoms with Gasteiger partial charge in [0.1, 0.15) is 11.9 Å². The molecular formula is C18H14FNO2. The van der Waals surface area contributed by atoms with Crippen molar-refractivity contribution in [2.75, 3.05) is 0 Å². The number of nitrogens with zero attached hydrogens (tertiary/aromatic N) is 1. The third kappa shape index (κ3) is 3.02. The Morgan fingerprint density at radius 2 is 1.77 bits per heavy atom. The van der Waals surface area contributed by atoms with Crippen LogP contribution in [0, 0.1) is 5.82 Å². The van der Waals surface area contributed by atoms with Crippen molar-refractivity contribution < 1.29 is 14.3 Å². The number of aliphatic hydroxyl groups is 1. The van der Waals surface area contributed by atoms with Crippen LogP contribution in [0.5, 0.6) is 0 Å². The molecule has 3 rings (SSSR count). The summed E-state index contributed by atoms with van der Waals surface area (Å²) in [5, 5.41) is 11.1. The molecular weight excluding hydrogens is 281 g/mol. The topological polar surface area (TPSA) is 50.2 Å². The Kier molecular flexibility index (Phi) is 3.94. The molecule has 0 amide bonds. The molecule has 110 valence electrons. The summed E-state index contributed by atoms with van der Waals surface area (Å²) >= 11 is 0. The largest absolute Gasteiger partial charge is 0.385 e. The van der Waals surface area contributed by atoms with Crippen LogP contribution in [-0.4, -0.2) is 22.0 Å². The third-order valence-corrected chi connectivity index (χ3v) is 3.49. The molecule has 2 aromatic carbocycles. The second-order valence-corrected chi connectivity index (χ2v) is 5.09. The Bertz CT molecular complexity index is 815. The normalized spacial score (nSPS) is 12.3. The van der Waals surface area contributed by atoms with Crippen molar-refractivity contribution in [1.82, 2.24) is 4.98 Å². The number of pyridine rings is 1. The van der Waals surface area contributed by atoms with Crippen LogP contribution in [0.4, 0.5) is 4.39 Å². The molecule has 0 spiro atoms. The molecule has 0 aliphatic carbocycles. The van der Waals surface area contributed by atoms with Gasteiger partial charge in [-0.1, -0.05) is 24.3 Å². The number of hydrogen-bond acceptors (Lipinski definition) is 3. The van der Waals surface area contributed by atoms with Crippen molar-refractivity contribution in [3.63, 3.8) is 0 Å². The number of rotatable bonds is 4. The first-order valence-electron chi connectivity index (χ1n) is 6.96. The maximum atomic E-state index is 12.9. The van der Waals surface area contributed by atoms with Gasteiger partial charge in [-0.2, -0.15) is 0 Å². The van der Waals surface area contributed by atoms with E-state index in [-0.39, 0.29) is 12.0 Å². The van der Waals surface area contributed by atoms with Crippen LogP contribution in [0.2, 0.25) is 0 Å². The second kappa shape index (κ2) is 6.03. The van der Waals surface area contributed by atoms with Gasteiger partial charge < -0.3 is 5.11 Å². The van der Waals surface area contributed by atoms with Gasteiger partial charge in [0.15, 0.2) is 5.78 Å². The second-order valence-electron chi connectivity index (χ2n) is 5.09. The molecule has 0 radical (unpaired) electrons. The lowest BCUT2D eigenvalue weighted by Gasteiger charge is -2.10. The Labute approximate surface area is 127 Å². The minimum Gasteiger partial charge on any atom is -0.385 e. The Morgan fingerprint density at radius 3 is 2.55 bits per heavy atom. The third-order valence-electron chi connectivity index (χ3n) is 3.49. The van der Waals surface area contributed by atoms with Crippen molar-refractivity contribution >= 4 is 16.7 Å². The maximum Gasteiger partial charge on any atom is 0.191 e. The predicted molar refractivity (Wildman–Crippen MR) is 82.2 cm³/mol. The number of carbonyl (C=O) groups excluding carboxylic acids is 1. The molecule has 0 saturated carbocycles. The first-order valence-corrected chi connectivity index (χ1v) is 6.96. The number of Topliss-reactive ketones (excluding diaryl/α,β-unsaturated/α-hetero) is 1. The summed E-state index contributed by atoms with van der Waals surface area (Å²) in [6, 6.07) is 16.5. The van der Waals surface area contributed by atoms with E-state index in [1.807, 2.05) is 30.3 Å². The number of carbonyl (C=O) groups is 1. The van der Waals surface area contributed by atoms with E-state index >= 15 is 0 Å². The van der Waals surface area contributed by atoms with Crippen molar-refractivity contribution in [3.8, 4) is 0 Å². The fourth-order valence-electron chi connectivity index (χ4n) is 2.32. The van der Waals surface area contributed by atoms with E-state index in [0.29, 0.717) is 5.69 Å². The summed E-state index contributed by atoms with van der Waals surface area (Å²) in [4.78, 5) is 16.6. The zero-order chi connectivity index (χ0) is 15.5. The summed E-state index contributed by atoms with van der Waals surface area (Å²) in [7, 11) is 0. The van der Waals surface area contributed by atoms with Gasteiger partial charge in [0.05, 0.1) is 5.52 Å². The number of aromatic nitrogens is 1. The highest BCUT2D eigenvalue weighted by Crippen LogP contribution is 2.14. The number of aliphatic hydroxyl groups excluding tert-OH is 1. The van der Waals surface area contributed by atoms with E-state index in [0.717, 1.165) is 10.9 Å². The zero-order valence-electron chi connectivity index (χ0n) is 11.7. The average molecular weight is 295 g/mol. The molecule has 0 aliphatic rings. The van der Waals surface area contributed by atoms with Crippen LogP contribution in [0.25, 0.3) is 10.9 Å². The standard InChI is InChI=1S/C18H14FNO2/c19-14-8-5-13(6-9-14)18(22)17(21)11-15-10-7-12-3-1-2-4-16(12)20-15/h1-10,17,21H,11H2. The van der Waals surface area contributed by atoms with Crippen LogP contribution in [-0.2, 0) is 6.42 Å². The molecule has 0 saturated heterocycles. The lowest BCUT2D eigenvalue weighted by Crippen LogP contribution is -2.23. The molecule has 0 fully saturated rings. The zero-order valence-corrected chi connectivity index (χ0v) is 11.7. The van der Waals surface area contributed by atoms with E-state index in [4.69, 9.17) is 0 Å². The fraction of sp³-hybridized carbons (Fsp3) is 0.111. The first-order chi connectivity index (χ1) is 10.6. The van der Waals surface area contributed by atoms with Crippen molar-refractivity contribution in [2.24, 2.45) is 0 Å². The van der Waals surface area contributed by atoms with Crippen molar-refractivity contribution in [2.45, 2.75) is 12.5 Å². The van der Waals surface area contributed by atoms with Crippen molar-refractivity contribution in [1.29, 1.82) is 0 Å². The highest BCUT2D eigenvalue weighted by molar-refractivity contribution is 5.99.